The Morgan fingerprint density at radius 1 is 0.906 bits per heavy atom. The van der Waals surface area contributed by atoms with Crippen molar-refractivity contribution in [1.82, 2.24) is 25.4 Å². The molecule has 0 bridgehead atoms. The summed E-state index contributed by atoms with van der Waals surface area (Å²) < 4.78 is 1.79. The molecule has 4 aromatic rings. The van der Waals surface area contributed by atoms with E-state index in [1.807, 2.05) is 63.4 Å². The molecule has 2 aromatic heterocycles. The van der Waals surface area contributed by atoms with Gasteiger partial charge in [-0.25, -0.2) is 9.97 Å². The zero-order chi connectivity index (χ0) is 22.7. The Kier molecular flexibility index (Phi) is 6.23. The van der Waals surface area contributed by atoms with Gasteiger partial charge in [-0.2, -0.15) is 0 Å². The van der Waals surface area contributed by atoms with Crippen LogP contribution in [0.25, 0.3) is 10.9 Å². The highest BCUT2D eigenvalue weighted by atomic mass is 32.2. The van der Waals surface area contributed by atoms with Crippen molar-refractivity contribution in [2.24, 2.45) is 7.05 Å². The zero-order valence-corrected chi connectivity index (χ0v) is 18.9. The fourth-order valence-electron chi connectivity index (χ4n) is 3.41. The van der Waals surface area contributed by atoms with E-state index in [2.05, 4.69) is 20.8 Å². The van der Waals surface area contributed by atoms with Crippen LogP contribution in [-0.2, 0) is 12.8 Å². The maximum Gasteiger partial charge on any atom is 0.286 e. The lowest BCUT2D eigenvalue weighted by Crippen LogP contribution is -2.42. The van der Waals surface area contributed by atoms with Gasteiger partial charge in [0.2, 0.25) is 0 Å². The van der Waals surface area contributed by atoms with E-state index in [1.54, 1.807) is 34.5 Å². The number of carbonyl (C=O) groups is 2. The van der Waals surface area contributed by atoms with E-state index in [9.17, 15) is 9.59 Å². The number of thioether (sulfide) groups is 1. The molecule has 2 aromatic carbocycles. The number of hydrazine groups is 1. The van der Waals surface area contributed by atoms with Gasteiger partial charge in [0.05, 0.1) is 0 Å². The van der Waals surface area contributed by atoms with Gasteiger partial charge in [-0.3, -0.25) is 20.4 Å². The van der Waals surface area contributed by atoms with Crippen LogP contribution in [0.3, 0.4) is 0 Å². The fourth-order valence-corrected chi connectivity index (χ4v) is 4.32. The maximum atomic E-state index is 12.5. The molecule has 8 heteroatoms. The first-order valence-electron chi connectivity index (χ1n) is 10.1. The van der Waals surface area contributed by atoms with Crippen molar-refractivity contribution in [1.29, 1.82) is 0 Å². The molecule has 0 aliphatic rings. The number of aromatic nitrogens is 3. The van der Waals surface area contributed by atoms with Crippen LogP contribution in [0.15, 0.2) is 65.8 Å². The van der Waals surface area contributed by atoms with Gasteiger partial charge in [-0.15, -0.1) is 0 Å². The summed E-state index contributed by atoms with van der Waals surface area (Å²) >= 11 is 1.55. The molecule has 0 saturated carbocycles. The lowest BCUT2D eigenvalue weighted by atomic mass is 10.1. The Morgan fingerprint density at radius 3 is 2.25 bits per heavy atom. The molecule has 4 rings (SSSR count). The Balaban J connectivity index is 1.34. The second-order valence-electron chi connectivity index (χ2n) is 7.47. The summed E-state index contributed by atoms with van der Waals surface area (Å²) in [7, 11) is 1.82. The van der Waals surface area contributed by atoms with Crippen molar-refractivity contribution < 1.29 is 9.59 Å². The molecule has 162 valence electrons. The molecular formula is C24H23N5O2S. The van der Waals surface area contributed by atoms with Crippen LogP contribution < -0.4 is 10.9 Å². The Morgan fingerprint density at radius 2 is 1.56 bits per heavy atom. The molecule has 0 atom stereocenters. The highest BCUT2D eigenvalue weighted by molar-refractivity contribution is 7.98. The van der Waals surface area contributed by atoms with Crippen LogP contribution >= 0.6 is 11.8 Å². The van der Waals surface area contributed by atoms with E-state index in [-0.39, 0.29) is 11.8 Å². The van der Waals surface area contributed by atoms with Crippen molar-refractivity contribution >= 4 is 34.5 Å². The van der Waals surface area contributed by atoms with E-state index < -0.39 is 0 Å². The molecule has 0 spiro atoms. The van der Waals surface area contributed by atoms with E-state index in [0.29, 0.717) is 17.0 Å². The Labute approximate surface area is 190 Å². The summed E-state index contributed by atoms with van der Waals surface area (Å²) in [6.07, 6.45) is 0. The quantitative estimate of drug-likeness (QED) is 0.276. The zero-order valence-electron chi connectivity index (χ0n) is 18.0. The van der Waals surface area contributed by atoms with Gasteiger partial charge in [-0.05, 0) is 49.7 Å². The van der Waals surface area contributed by atoms with Crippen molar-refractivity contribution in [3.05, 3.63) is 88.9 Å². The number of para-hydroxylation sites is 1. The third-order valence-electron chi connectivity index (χ3n) is 5.02. The number of fused-ring (bicyclic) bond motifs is 1. The molecule has 0 unspecified atom stereocenters. The minimum atomic E-state index is -0.381. The summed E-state index contributed by atoms with van der Waals surface area (Å²) in [6, 6.07) is 18.7. The summed E-state index contributed by atoms with van der Waals surface area (Å²) in [6.45, 7) is 3.90. The van der Waals surface area contributed by atoms with Gasteiger partial charge < -0.3 is 4.57 Å². The minimum absolute atomic E-state index is 0.376. The van der Waals surface area contributed by atoms with Crippen molar-refractivity contribution in [2.75, 3.05) is 0 Å². The van der Waals surface area contributed by atoms with Gasteiger partial charge >= 0.3 is 0 Å². The van der Waals surface area contributed by atoms with Crippen LogP contribution in [0.4, 0.5) is 0 Å². The Bertz CT molecular complexity index is 1280. The monoisotopic (exact) mass is 445 g/mol. The smallest absolute Gasteiger partial charge is 0.286 e. The molecular weight excluding hydrogens is 422 g/mol. The Hall–Kier alpha value is -3.65. The highest BCUT2D eigenvalue weighted by Crippen LogP contribution is 2.20. The SMILES string of the molecule is Cc1cc(C)nc(SCc2ccc(C(=O)NNC(=O)c3cc4ccccc4n3C)cc2)n1. The first kappa shape index (κ1) is 21.6. The summed E-state index contributed by atoms with van der Waals surface area (Å²) in [5.74, 6) is -0.0600. The first-order chi connectivity index (χ1) is 15.4. The molecule has 0 fully saturated rings. The molecule has 32 heavy (non-hydrogen) atoms. The summed E-state index contributed by atoms with van der Waals surface area (Å²) in [5, 5.41) is 1.70. The summed E-state index contributed by atoms with van der Waals surface area (Å²) in [5.41, 5.74) is 9.78. The second-order valence-corrected chi connectivity index (χ2v) is 8.42. The molecule has 2 N–H and O–H groups in total. The van der Waals surface area contributed by atoms with Crippen molar-refractivity contribution in [2.45, 2.75) is 24.8 Å². The standard InChI is InChI=1S/C24H23N5O2S/c1-15-12-16(2)26-24(25-15)32-14-17-8-10-18(11-9-17)22(30)27-28-23(31)21-13-19-6-4-5-7-20(19)29(21)3/h4-13H,14H2,1-3H3,(H,27,30)(H,28,31). The van der Waals surface area contributed by atoms with Crippen LogP contribution in [0.2, 0.25) is 0 Å². The molecule has 0 saturated heterocycles. The topological polar surface area (TPSA) is 88.9 Å². The molecule has 0 aliphatic heterocycles. The number of amides is 2. The summed E-state index contributed by atoms with van der Waals surface area (Å²) in [4.78, 5) is 33.8. The predicted molar refractivity (Wildman–Crippen MR) is 125 cm³/mol. The maximum absolute atomic E-state index is 12.5. The number of aryl methyl sites for hydroxylation is 3. The van der Waals surface area contributed by atoms with Gasteiger partial charge in [0.1, 0.15) is 5.69 Å². The third kappa shape index (κ3) is 4.81. The number of nitrogens with zero attached hydrogens (tertiary/aromatic N) is 3. The van der Waals surface area contributed by atoms with Gasteiger partial charge in [0.15, 0.2) is 5.16 Å². The lowest BCUT2D eigenvalue weighted by molar-refractivity contribution is 0.0842. The van der Waals surface area contributed by atoms with Crippen LogP contribution in [-0.4, -0.2) is 26.3 Å². The van der Waals surface area contributed by atoms with E-state index in [0.717, 1.165) is 33.0 Å². The number of benzene rings is 2. The third-order valence-corrected chi connectivity index (χ3v) is 5.94. The first-order valence-corrected chi connectivity index (χ1v) is 11.1. The molecule has 2 heterocycles. The van der Waals surface area contributed by atoms with Gasteiger partial charge in [-0.1, -0.05) is 42.1 Å². The number of rotatable bonds is 5. The van der Waals surface area contributed by atoms with Gasteiger partial charge in [0.25, 0.3) is 11.8 Å². The van der Waals surface area contributed by atoms with Crippen molar-refractivity contribution in [3.8, 4) is 0 Å². The molecule has 2 amide bonds. The van der Waals surface area contributed by atoms with E-state index >= 15 is 0 Å². The van der Waals surface area contributed by atoms with Crippen LogP contribution in [0.1, 0.15) is 37.8 Å². The van der Waals surface area contributed by atoms with E-state index in [4.69, 9.17) is 0 Å². The second kappa shape index (κ2) is 9.23. The normalized spacial score (nSPS) is 10.8. The number of hydrogen-bond acceptors (Lipinski definition) is 5. The fraction of sp³-hybridized carbons (Fsp3) is 0.167. The highest BCUT2D eigenvalue weighted by Gasteiger charge is 2.14. The average Bonchev–Trinajstić information content (AvgIpc) is 3.12. The van der Waals surface area contributed by atoms with Gasteiger partial charge in [0, 0.05) is 40.7 Å². The largest absolute Gasteiger partial charge is 0.340 e. The van der Waals surface area contributed by atoms with Crippen LogP contribution in [0, 0.1) is 13.8 Å². The predicted octanol–water partition coefficient (Wildman–Crippen LogP) is 3.95. The number of carbonyl (C=O) groups excluding carboxylic acids is 2. The van der Waals surface area contributed by atoms with E-state index in [1.165, 1.54) is 0 Å². The molecule has 0 aliphatic carbocycles. The lowest BCUT2D eigenvalue weighted by Gasteiger charge is -2.09. The molecule has 0 radical (unpaired) electrons. The van der Waals surface area contributed by atoms with Crippen molar-refractivity contribution in [3.63, 3.8) is 0 Å². The minimum Gasteiger partial charge on any atom is -0.340 e. The number of nitrogens with one attached hydrogen (secondary N) is 2. The van der Waals surface area contributed by atoms with Crippen LogP contribution in [0.5, 0.6) is 0 Å². The number of hydrogen-bond donors (Lipinski definition) is 2. The molecule has 7 nitrogen and oxygen atoms in total. The average molecular weight is 446 g/mol.